The van der Waals surface area contributed by atoms with E-state index in [1.807, 2.05) is 0 Å². The summed E-state index contributed by atoms with van der Waals surface area (Å²) in [5.41, 5.74) is 0. The van der Waals surface area contributed by atoms with E-state index in [9.17, 15) is 0 Å². The molecule has 0 aliphatic carbocycles. The Morgan fingerprint density at radius 1 is 0.323 bits per heavy atom. The molecule has 1 heteroatoms. The molecular formula is C30H61Br. The predicted octanol–water partition coefficient (Wildman–Crippen LogP) is 12.3. The monoisotopic (exact) mass is 500 g/mol. The van der Waals surface area contributed by atoms with Gasteiger partial charge in [0.15, 0.2) is 0 Å². The van der Waals surface area contributed by atoms with Crippen LogP contribution in [-0.4, -0.2) is 4.83 Å². The van der Waals surface area contributed by atoms with Crippen molar-refractivity contribution in [2.75, 3.05) is 0 Å². The van der Waals surface area contributed by atoms with Gasteiger partial charge in [-0.25, -0.2) is 0 Å². The van der Waals surface area contributed by atoms with Gasteiger partial charge >= 0.3 is 0 Å². The lowest BCUT2D eigenvalue weighted by molar-refractivity contribution is 0.519. The fourth-order valence-corrected chi connectivity index (χ4v) is 5.38. The molecular weight excluding hydrogens is 440 g/mol. The molecule has 0 amide bonds. The van der Waals surface area contributed by atoms with E-state index in [2.05, 4.69) is 29.8 Å². The summed E-state index contributed by atoms with van der Waals surface area (Å²) in [7, 11) is 0. The second-order valence-electron chi connectivity index (χ2n) is 10.3. The average molecular weight is 502 g/mol. The van der Waals surface area contributed by atoms with Gasteiger partial charge in [0.1, 0.15) is 0 Å². The van der Waals surface area contributed by atoms with Crippen LogP contribution in [-0.2, 0) is 0 Å². The van der Waals surface area contributed by atoms with Crippen molar-refractivity contribution in [1.82, 2.24) is 0 Å². The van der Waals surface area contributed by atoms with Crippen LogP contribution in [0, 0.1) is 0 Å². The first-order chi connectivity index (χ1) is 15.3. The summed E-state index contributed by atoms with van der Waals surface area (Å²) in [6.45, 7) is 4.61. The van der Waals surface area contributed by atoms with Crippen molar-refractivity contribution in [2.24, 2.45) is 0 Å². The summed E-state index contributed by atoms with van der Waals surface area (Å²) in [5.74, 6) is 0. The molecule has 188 valence electrons. The van der Waals surface area contributed by atoms with Crippen molar-refractivity contribution in [1.29, 1.82) is 0 Å². The fraction of sp³-hybridized carbons (Fsp3) is 1.00. The molecule has 0 aliphatic heterocycles. The van der Waals surface area contributed by atoms with Gasteiger partial charge in [0, 0.05) is 4.83 Å². The molecule has 0 aliphatic rings. The van der Waals surface area contributed by atoms with Crippen LogP contribution in [0.1, 0.15) is 187 Å². The van der Waals surface area contributed by atoms with Crippen LogP contribution in [0.2, 0.25) is 0 Å². The molecule has 0 heterocycles. The lowest BCUT2D eigenvalue weighted by Gasteiger charge is -2.09. The minimum Gasteiger partial charge on any atom is -0.0891 e. The molecule has 0 saturated carbocycles. The number of halogens is 1. The van der Waals surface area contributed by atoms with E-state index in [0.29, 0.717) is 0 Å². The third kappa shape index (κ3) is 28.4. The molecule has 0 aromatic heterocycles. The zero-order valence-corrected chi connectivity index (χ0v) is 23.6. The summed E-state index contributed by atoms with van der Waals surface area (Å²) < 4.78 is 0. The van der Waals surface area contributed by atoms with Crippen molar-refractivity contribution in [2.45, 2.75) is 192 Å². The predicted molar refractivity (Wildman–Crippen MR) is 149 cm³/mol. The largest absolute Gasteiger partial charge is 0.0891 e. The molecule has 0 nitrogen and oxygen atoms in total. The van der Waals surface area contributed by atoms with E-state index in [-0.39, 0.29) is 0 Å². The highest BCUT2D eigenvalue weighted by atomic mass is 79.9. The van der Waals surface area contributed by atoms with E-state index in [0.717, 1.165) is 4.83 Å². The fourth-order valence-electron chi connectivity index (χ4n) is 4.73. The Bertz CT molecular complexity index is 301. The molecule has 1 unspecified atom stereocenters. The maximum absolute atomic E-state index is 3.93. The minimum absolute atomic E-state index is 0.781. The number of alkyl halides is 1. The summed E-state index contributed by atoms with van der Waals surface area (Å²) in [4.78, 5) is 0.781. The minimum atomic E-state index is 0.781. The van der Waals surface area contributed by atoms with Crippen molar-refractivity contribution >= 4 is 15.9 Å². The van der Waals surface area contributed by atoms with Crippen LogP contribution in [0.25, 0.3) is 0 Å². The molecule has 0 fully saturated rings. The van der Waals surface area contributed by atoms with Crippen LogP contribution < -0.4 is 0 Å². The lowest BCUT2D eigenvalue weighted by Crippen LogP contribution is -1.97. The van der Waals surface area contributed by atoms with Crippen LogP contribution >= 0.6 is 15.9 Å². The van der Waals surface area contributed by atoms with E-state index < -0.39 is 0 Å². The first kappa shape index (κ1) is 31.5. The van der Waals surface area contributed by atoms with Crippen molar-refractivity contribution in [3.05, 3.63) is 0 Å². The Hall–Kier alpha value is 0.480. The second kappa shape index (κ2) is 28.5. The molecule has 0 aromatic rings. The van der Waals surface area contributed by atoms with Crippen molar-refractivity contribution in [3.8, 4) is 0 Å². The summed E-state index contributed by atoms with van der Waals surface area (Å²) in [6, 6.07) is 0. The van der Waals surface area contributed by atoms with Gasteiger partial charge in [-0.1, -0.05) is 190 Å². The molecule has 0 saturated heterocycles. The SMILES string of the molecule is CCCCCCCCCCCCCCCCCCC(Br)CCCCCCCCCCC. The second-order valence-corrected chi connectivity index (χ2v) is 11.6. The highest BCUT2D eigenvalue weighted by Crippen LogP contribution is 2.20. The van der Waals surface area contributed by atoms with Crippen molar-refractivity contribution < 1.29 is 0 Å². The highest BCUT2D eigenvalue weighted by Gasteiger charge is 2.04. The van der Waals surface area contributed by atoms with E-state index in [1.54, 1.807) is 0 Å². The van der Waals surface area contributed by atoms with Gasteiger partial charge in [-0.15, -0.1) is 0 Å². The van der Waals surface area contributed by atoms with Gasteiger partial charge in [-0.2, -0.15) is 0 Å². The quantitative estimate of drug-likeness (QED) is 0.0775. The van der Waals surface area contributed by atoms with Gasteiger partial charge in [0.05, 0.1) is 0 Å². The number of rotatable bonds is 27. The first-order valence-corrected chi connectivity index (χ1v) is 15.9. The molecule has 31 heavy (non-hydrogen) atoms. The van der Waals surface area contributed by atoms with Crippen LogP contribution in [0.5, 0.6) is 0 Å². The van der Waals surface area contributed by atoms with Gasteiger partial charge in [0.25, 0.3) is 0 Å². The Labute approximate surface area is 207 Å². The Morgan fingerprint density at radius 2 is 0.516 bits per heavy atom. The normalized spacial score (nSPS) is 12.5. The van der Waals surface area contributed by atoms with Gasteiger partial charge < -0.3 is 0 Å². The molecule has 0 N–H and O–H groups in total. The molecule has 1 atom stereocenters. The highest BCUT2D eigenvalue weighted by molar-refractivity contribution is 9.09. The maximum atomic E-state index is 3.93. The molecule has 0 rings (SSSR count). The molecule has 0 bridgehead atoms. The third-order valence-electron chi connectivity index (χ3n) is 6.99. The zero-order chi connectivity index (χ0) is 22.7. The third-order valence-corrected chi connectivity index (χ3v) is 7.91. The van der Waals surface area contributed by atoms with Crippen LogP contribution in [0.15, 0.2) is 0 Å². The van der Waals surface area contributed by atoms with E-state index in [1.165, 1.54) is 173 Å². The average Bonchev–Trinajstić information content (AvgIpc) is 2.77. The summed E-state index contributed by atoms with van der Waals surface area (Å²) in [5, 5.41) is 0. The summed E-state index contributed by atoms with van der Waals surface area (Å²) >= 11 is 3.93. The van der Waals surface area contributed by atoms with Crippen LogP contribution in [0.3, 0.4) is 0 Å². The Kier molecular flexibility index (Phi) is 29.0. The van der Waals surface area contributed by atoms with E-state index in [4.69, 9.17) is 0 Å². The first-order valence-electron chi connectivity index (χ1n) is 14.9. The van der Waals surface area contributed by atoms with Gasteiger partial charge in [-0.05, 0) is 12.8 Å². The Morgan fingerprint density at radius 3 is 0.742 bits per heavy atom. The standard InChI is InChI=1S/C30H61Br/c1-3-5-7-9-11-13-14-15-16-17-18-19-21-23-25-27-29-30(31)28-26-24-22-20-12-10-8-6-4-2/h30H,3-29H2,1-2H3. The Balaban J connectivity index is 3.11. The molecule has 0 radical (unpaired) electrons. The van der Waals surface area contributed by atoms with Crippen LogP contribution in [0.4, 0.5) is 0 Å². The smallest absolute Gasteiger partial charge is 0.0145 e. The topological polar surface area (TPSA) is 0 Å². The molecule has 0 aromatic carbocycles. The number of hydrogen-bond donors (Lipinski definition) is 0. The molecule has 0 spiro atoms. The zero-order valence-electron chi connectivity index (χ0n) is 22.0. The van der Waals surface area contributed by atoms with Crippen molar-refractivity contribution in [3.63, 3.8) is 0 Å². The number of hydrogen-bond acceptors (Lipinski definition) is 0. The van der Waals surface area contributed by atoms with Gasteiger partial charge in [0.2, 0.25) is 0 Å². The maximum Gasteiger partial charge on any atom is 0.0145 e. The summed E-state index contributed by atoms with van der Waals surface area (Å²) in [6.07, 6.45) is 39.3. The number of unbranched alkanes of at least 4 members (excludes halogenated alkanes) is 23. The van der Waals surface area contributed by atoms with Gasteiger partial charge in [-0.3, -0.25) is 0 Å². The lowest BCUT2D eigenvalue weighted by atomic mass is 10.0. The van der Waals surface area contributed by atoms with E-state index >= 15 is 0 Å².